The Labute approximate surface area is 328 Å². The normalized spacial score (nSPS) is 53.6. The van der Waals surface area contributed by atoms with Crippen LogP contribution in [0.15, 0.2) is 0 Å². The van der Waals surface area contributed by atoms with Crippen LogP contribution < -0.4 is 5.73 Å². The molecule has 2 unspecified atom stereocenters. The molecule has 336 valence electrons. The van der Waals surface area contributed by atoms with Crippen LogP contribution >= 0.6 is 12.4 Å². The number of aliphatic hydroxyl groups excluding tert-OH is 17. The lowest BCUT2D eigenvalue weighted by molar-refractivity contribution is -0.377. The van der Waals surface area contributed by atoms with Gasteiger partial charge in [0.05, 0.1) is 32.5 Å². The highest BCUT2D eigenvalue weighted by Crippen LogP contribution is 2.34. The van der Waals surface area contributed by atoms with Crippen molar-refractivity contribution in [1.82, 2.24) is 0 Å². The molecule has 0 bridgehead atoms. The molecule has 4 aliphatic heterocycles. The third kappa shape index (κ3) is 9.83. The van der Waals surface area contributed by atoms with E-state index in [9.17, 15) is 86.8 Å². The van der Waals surface area contributed by atoms with Crippen LogP contribution in [0.3, 0.4) is 0 Å². The molecule has 0 aromatic heterocycles. The van der Waals surface area contributed by atoms with Gasteiger partial charge in [-0.05, 0) is 0 Å². The van der Waals surface area contributed by atoms with Gasteiger partial charge in [-0.2, -0.15) is 0 Å². The average molecular weight is 864 g/mol. The van der Waals surface area contributed by atoms with Crippen molar-refractivity contribution in [2.45, 2.75) is 159 Å². The van der Waals surface area contributed by atoms with E-state index in [1.165, 1.54) is 0 Å². The maximum atomic E-state index is 11.1. The number of hydrogen-bond acceptors (Lipinski definition) is 26. The van der Waals surface area contributed by atoms with Gasteiger partial charge in [0.2, 0.25) is 0 Å². The minimum absolute atomic E-state index is 0. The summed E-state index contributed by atoms with van der Waals surface area (Å²) in [6, 6.07) is -1.64. The predicted octanol–water partition coefficient (Wildman–Crippen LogP) is -12.1. The fourth-order valence-corrected chi connectivity index (χ4v) is 7.07. The van der Waals surface area contributed by atoms with Gasteiger partial charge in [0.15, 0.2) is 25.2 Å². The number of ether oxygens (including phenoxy) is 8. The van der Waals surface area contributed by atoms with Crippen molar-refractivity contribution in [3.8, 4) is 0 Å². The first-order valence-corrected chi connectivity index (χ1v) is 17.7. The minimum atomic E-state index is -2.05. The summed E-state index contributed by atoms with van der Waals surface area (Å²) >= 11 is 0. The largest absolute Gasteiger partial charge is 0.394 e. The van der Waals surface area contributed by atoms with Gasteiger partial charge in [-0.15, -0.1) is 12.4 Å². The smallest absolute Gasteiger partial charge is 0.187 e. The summed E-state index contributed by atoms with van der Waals surface area (Å²) in [5.74, 6) is 0. The second-order valence-corrected chi connectivity index (χ2v) is 14.3. The Kier molecular flexibility index (Phi) is 17.5. The molecule has 0 amide bonds. The molecule has 26 atom stereocenters. The molecule has 0 radical (unpaired) electrons. The number of aliphatic hydroxyl groups is 17. The van der Waals surface area contributed by atoms with E-state index in [0.29, 0.717) is 0 Å². The molecule has 57 heavy (non-hydrogen) atoms. The predicted molar refractivity (Wildman–Crippen MR) is 176 cm³/mol. The molecule has 26 nitrogen and oxygen atoms in total. The fraction of sp³-hybridized carbons (Fsp3) is 1.00. The quantitative estimate of drug-likeness (QED) is 0.0866. The Morgan fingerprint density at radius 3 is 1.21 bits per heavy atom. The summed E-state index contributed by atoms with van der Waals surface area (Å²) in [7, 11) is 0. The van der Waals surface area contributed by atoms with Crippen molar-refractivity contribution in [2.75, 3.05) is 26.4 Å². The SMILES string of the molecule is Cl.N[C@H]1[C@@H](OC2[C@@H](O)[C@@H](O)C(O)[C@H](O)[C@H]2O)O[C@H](CO)[C@@H](O[C@H]2O[C@H](CO[C@H]3O[C@H](CO)[C@@H](O)[C@H](O)[C@@H]3O[C@H]3O[C@H](CO)[C@@H](O)[C@H](O)[C@@H]3O)[C@@H](O)[C@H](O)[C@@H]2O)[C@@H]1O. The molecule has 19 N–H and O–H groups in total. The number of hydrogen-bond donors (Lipinski definition) is 18. The molecule has 5 aliphatic rings. The van der Waals surface area contributed by atoms with Crippen molar-refractivity contribution in [2.24, 2.45) is 5.73 Å². The lowest BCUT2D eigenvalue weighted by Gasteiger charge is -2.48. The van der Waals surface area contributed by atoms with E-state index in [4.69, 9.17) is 43.6 Å². The highest BCUT2D eigenvalue weighted by Gasteiger charge is 2.55. The van der Waals surface area contributed by atoms with Crippen LogP contribution in [-0.4, -0.2) is 273 Å². The summed E-state index contributed by atoms with van der Waals surface area (Å²) in [6.45, 7) is -3.46. The molecule has 1 aliphatic carbocycles. The Balaban J connectivity index is 0.00000720. The van der Waals surface area contributed by atoms with Gasteiger partial charge in [0.1, 0.15) is 128 Å². The van der Waals surface area contributed by atoms with Crippen molar-refractivity contribution in [1.29, 1.82) is 0 Å². The van der Waals surface area contributed by atoms with Gasteiger partial charge in [0, 0.05) is 0 Å². The van der Waals surface area contributed by atoms with Crippen molar-refractivity contribution in [3.05, 3.63) is 0 Å². The van der Waals surface area contributed by atoms with Gasteiger partial charge in [-0.3, -0.25) is 0 Å². The first-order valence-electron chi connectivity index (χ1n) is 17.7. The summed E-state index contributed by atoms with van der Waals surface area (Å²) in [5.41, 5.74) is 6.09. The van der Waals surface area contributed by atoms with Gasteiger partial charge < -0.3 is 130 Å². The van der Waals surface area contributed by atoms with E-state index in [2.05, 4.69) is 0 Å². The molecule has 0 aromatic carbocycles. The Bertz CT molecular complexity index is 1220. The zero-order valence-corrected chi connectivity index (χ0v) is 30.5. The van der Waals surface area contributed by atoms with Gasteiger partial charge in [-0.1, -0.05) is 0 Å². The highest BCUT2D eigenvalue weighted by atomic mass is 35.5. The molecule has 4 heterocycles. The molecule has 0 aromatic rings. The van der Waals surface area contributed by atoms with E-state index in [0.717, 1.165) is 0 Å². The first-order chi connectivity index (χ1) is 26.4. The summed E-state index contributed by atoms with van der Waals surface area (Å²) in [5, 5.41) is 175. The van der Waals surface area contributed by atoms with Crippen LogP contribution in [-0.2, 0) is 37.9 Å². The minimum Gasteiger partial charge on any atom is -0.394 e. The van der Waals surface area contributed by atoms with Crippen molar-refractivity contribution < 1.29 is 125 Å². The van der Waals surface area contributed by atoms with Crippen LogP contribution in [0.25, 0.3) is 0 Å². The molecule has 5 fully saturated rings. The lowest BCUT2D eigenvalue weighted by atomic mass is 9.84. The van der Waals surface area contributed by atoms with E-state index in [1.54, 1.807) is 0 Å². The Morgan fingerprint density at radius 2 is 0.702 bits per heavy atom. The van der Waals surface area contributed by atoms with Gasteiger partial charge >= 0.3 is 0 Å². The number of halogens is 1. The maximum absolute atomic E-state index is 11.1. The summed E-state index contributed by atoms with van der Waals surface area (Å²) < 4.78 is 44.4. The molecule has 0 spiro atoms. The maximum Gasteiger partial charge on any atom is 0.187 e. The van der Waals surface area contributed by atoms with Gasteiger partial charge in [0.25, 0.3) is 0 Å². The van der Waals surface area contributed by atoms with Crippen LogP contribution in [0, 0.1) is 0 Å². The second kappa shape index (κ2) is 20.4. The van der Waals surface area contributed by atoms with E-state index < -0.39 is 186 Å². The van der Waals surface area contributed by atoms with E-state index in [1.807, 2.05) is 0 Å². The van der Waals surface area contributed by atoms with Crippen LogP contribution in [0.4, 0.5) is 0 Å². The van der Waals surface area contributed by atoms with E-state index in [-0.39, 0.29) is 12.4 Å². The third-order valence-electron chi connectivity index (χ3n) is 10.6. The molecule has 27 heteroatoms. The molecular weight excluding hydrogens is 810 g/mol. The zero-order valence-electron chi connectivity index (χ0n) is 29.7. The van der Waals surface area contributed by atoms with Gasteiger partial charge in [-0.25, -0.2) is 0 Å². The molecule has 5 rings (SSSR count). The monoisotopic (exact) mass is 863 g/mol. The Hall–Kier alpha value is -0.750. The number of rotatable bonds is 12. The van der Waals surface area contributed by atoms with Crippen molar-refractivity contribution >= 4 is 12.4 Å². The van der Waals surface area contributed by atoms with Crippen molar-refractivity contribution in [3.63, 3.8) is 0 Å². The summed E-state index contributed by atoms with van der Waals surface area (Å²) in [6.07, 6.45) is -46.1. The molecule has 4 saturated heterocycles. The zero-order chi connectivity index (χ0) is 41.5. The average Bonchev–Trinajstić information content (AvgIpc) is 3.19. The van der Waals surface area contributed by atoms with Crippen LogP contribution in [0.1, 0.15) is 0 Å². The molecule has 1 saturated carbocycles. The Morgan fingerprint density at radius 1 is 0.351 bits per heavy atom. The number of nitrogens with two attached hydrogens (primary N) is 1. The van der Waals surface area contributed by atoms with Crippen LogP contribution in [0.5, 0.6) is 0 Å². The third-order valence-corrected chi connectivity index (χ3v) is 10.6. The second-order valence-electron chi connectivity index (χ2n) is 14.3. The topological polar surface area (TPSA) is 444 Å². The van der Waals surface area contributed by atoms with E-state index >= 15 is 0 Å². The first kappa shape index (κ1) is 48.9. The summed E-state index contributed by atoms with van der Waals surface area (Å²) in [4.78, 5) is 0. The van der Waals surface area contributed by atoms with Crippen LogP contribution in [0.2, 0.25) is 0 Å². The lowest BCUT2D eigenvalue weighted by Crippen LogP contribution is -2.69. The fourth-order valence-electron chi connectivity index (χ4n) is 7.07. The standard InChI is InChI=1S/C30H53NO25.ClH/c31-9-13(38)24(7(3-34)52-27(9)55-25-20(45)17(42)16(41)18(43)21(25)46)54-29-23(48)15(40)12(37)8(53-29)4-49-30-26(19(44)11(36)6(2-33)51-30)56-28-22(47)14(39)10(35)5(1-32)50-28;/h5-30,32-48H,1-4,31H2;1H/t5-,6-,7-,8-,9-,10-,11-,12-,13-,14+,15+,16?,17+,18+,19+,20-,21+,22+,23+,24-,25?,26+,27-,28-,29-,30+;/m1./s1. The highest BCUT2D eigenvalue weighted by molar-refractivity contribution is 5.85. The molecular formula is C30H54ClNO25.